The van der Waals surface area contributed by atoms with Crippen LogP contribution in [0.5, 0.6) is 0 Å². The van der Waals surface area contributed by atoms with Gasteiger partial charge in [-0.1, -0.05) is 61.4 Å². The number of hydrogen-bond acceptors (Lipinski definition) is 5. The van der Waals surface area contributed by atoms with Crippen LogP contribution in [0.3, 0.4) is 0 Å². The third-order valence-corrected chi connectivity index (χ3v) is 5.78. The normalized spacial score (nSPS) is 21.4. The molecule has 0 unspecified atom stereocenters. The predicted molar refractivity (Wildman–Crippen MR) is 111 cm³/mol. The van der Waals surface area contributed by atoms with Crippen LogP contribution in [-0.2, 0) is 16.2 Å². The summed E-state index contributed by atoms with van der Waals surface area (Å²) in [4.78, 5) is 45.7. The Morgan fingerprint density at radius 3 is 2.17 bits per heavy atom. The summed E-state index contributed by atoms with van der Waals surface area (Å²) in [6.07, 6.45) is 0.882. The Morgan fingerprint density at radius 1 is 0.967 bits per heavy atom. The average molecular weight is 406 g/mol. The van der Waals surface area contributed by atoms with Gasteiger partial charge in [-0.25, -0.2) is 4.79 Å². The fourth-order valence-electron chi connectivity index (χ4n) is 4.45. The van der Waals surface area contributed by atoms with Crippen LogP contribution in [0.2, 0.25) is 0 Å². The van der Waals surface area contributed by atoms with E-state index in [4.69, 9.17) is 4.84 Å². The van der Waals surface area contributed by atoms with Crippen molar-refractivity contribution in [2.75, 3.05) is 13.1 Å². The Balaban J connectivity index is 1.47. The summed E-state index contributed by atoms with van der Waals surface area (Å²) in [5.74, 6) is -1.49. The van der Waals surface area contributed by atoms with Crippen molar-refractivity contribution >= 4 is 17.8 Å². The van der Waals surface area contributed by atoms with Crippen LogP contribution in [0.15, 0.2) is 54.6 Å². The number of imide groups is 1. The van der Waals surface area contributed by atoms with Crippen molar-refractivity contribution in [1.82, 2.24) is 9.96 Å². The Labute approximate surface area is 176 Å². The Bertz CT molecular complexity index is 922. The lowest BCUT2D eigenvalue weighted by atomic mass is 9.88. The van der Waals surface area contributed by atoms with E-state index >= 15 is 0 Å². The third-order valence-electron chi connectivity index (χ3n) is 5.78. The second kappa shape index (κ2) is 8.40. The summed E-state index contributed by atoms with van der Waals surface area (Å²) in [5.41, 5.74) is 1.73. The Hall–Kier alpha value is -2.99. The minimum atomic E-state index is -0.580. The quantitative estimate of drug-likeness (QED) is 0.687. The van der Waals surface area contributed by atoms with Crippen molar-refractivity contribution in [3.8, 4) is 0 Å². The highest BCUT2D eigenvalue weighted by molar-refractivity contribution is 6.20. The van der Waals surface area contributed by atoms with Gasteiger partial charge in [-0.05, 0) is 36.0 Å². The molecule has 30 heavy (non-hydrogen) atoms. The van der Waals surface area contributed by atoms with Gasteiger partial charge in [0.15, 0.2) is 0 Å². The molecule has 2 aromatic carbocycles. The minimum absolute atomic E-state index is 0.122. The van der Waals surface area contributed by atoms with Gasteiger partial charge < -0.3 is 4.84 Å². The van der Waals surface area contributed by atoms with E-state index in [0.717, 1.165) is 19.5 Å². The highest BCUT2D eigenvalue weighted by Crippen LogP contribution is 2.32. The molecular formula is C24H26N2O4. The van der Waals surface area contributed by atoms with Crippen molar-refractivity contribution < 1.29 is 19.2 Å². The van der Waals surface area contributed by atoms with E-state index in [1.807, 2.05) is 18.2 Å². The van der Waals surface area contributed by atoms with Gasteiger partial charge in [-0.15, -0.1) is 0 Å². The molecule has 0 spiro atoms. The number of nitrogens with zero attached hydrogens (tertiary/aromatic N) is 2. The van der Waals surface area contributed by atoms with Gasteiger partial charge in [0.25, 0.3) is 11.8 Å². The van der Waals surface area contributed by atoms with E-state index < -0.39 is 17.8 Å². The molecule has 0 bridgehead atoms. The topological polar surface area (TPSA) is 66.9 Å². The van der Waals surface area contributed by atoms with Crippen molar-refractivity contribution in [3.63, 3.8) is 0 Å². The molecule has 2 heterocycles. The van der Waals surface area contributed by atoms with Gasteiger partial charge in [-0.2, -0.15) is 0 Å². The molecule has 2 aliphatic heterocycles. The molecule has 2 amide bonds. The fraction of sp³-hybridized carbons (Fsp3) is 0.375. The second-order valence-corrected chi connectivity index (χ2v) is 8.54. The number of amides is 2. The van der Waals surface area contributed by atoms with Crippen molar-refractivity contribution in [2.24, 2.45) is 17.8 Å². The van der Waals surface area contributed by atoms with E-state index in [0.29, 0.717) is 17.5 Å². The first-order chi connectivity index (χ1) is 14.4. The van der Waals surface area contributed by atoms with Crippen LogP contribution in [0, 0.1) is 17.8 Å². The van der Waals surface area contributed by atoms with Gasteiger partial charge in [0.05, 0.1) is 17.0 Å². The first-order valence-electron chi connectivity index (χ1n) is 10.4. The Morgan fingerprint density at radius 2 is 1.57 bits per heavy atom. The number of carbonyl (C=O) groups is 3. The monoisotopic (exact) mass is 406 g/mol. The van der Waals surface area contributed by atoms with Crippen LogP contribution >= 0.6 is 0 Å². The summed E-state index contributed by atoms with van der Waals surface area (Å²) < 4.78 is 0. The first kappa shape index (κ1) is 20.3. The lowest BCUT2D eigenvalue weighted by Gasteiger charge is -2.21. The summed E-state index contributed by atoms with van der Waals surface area (Å²) in [6, 6.07) is 16.7. The number of hydroxylamine groups is 2. The van der Waals surface area contributed by atoms with Crippen molar-refractivity contribution in [3.05, 3.63) is 71.3 Å². The van der Waals surface area contributed by atoms with Gasteiger partial charge >= 0.3 is 5.97 Å². The molecule has 6 nitrogen and oxygen atoms in total. The lowest BCUT2D eigenvalue weighted by Crippen LogP contribution is -2.37. The summed E-state index contributed by atoms with van der Waals surface area (Å²) in [5, 5.41) is 0.624. The third kappa shape index (κ3) is 4.00. The molecule has 4 rings (SSSR count). The zero-order chi connectivity index (χ0) is 21.3. The van der Waals surface area contributed by atoms with E-state index in [1.54, 1.807) is 24.3 Å². The largest absolute Gasteiger partial charge is 0.337 e. The second-order valence-electron chi connectivity index (χ2n) is 8.54. The number of hydrogen-bond donors (Lipinski definition) is 0. The summed E-state index contributed by atoms with van der Waals surface area (Å²) in [6.45, 7) is 6.36. The highest BCUT2D eigenvalue weighted by atomic mass is 16.7. The number of carbonyl (C=O) groups excluding carboxylic acids is 3. The molecule has 6 heteroatoms. The molecule has 1 saturated heterocycles. The number of fused-ring (bicyclic) bond motifs is 1. The average Bonchev–Trinajstić information content (AvgIpc) is 3.22. The summed E-state index contributed by atoms with van der Waals surface area (Å²) >= 11 is 0. The van der Waals surface area contributed by atoms with Crippen LogP contribution in [0.25, 0.3) is 0 Å². The zero-order valence-corrected chi connectivity index (χ0v) is 17.3. The van der Waals surface area contributed by atoms with Crippen LogP contribution in [0.1, 0.15) is 46.5 Å². The smallest absolute Gasteiger partial charge is 0.329 e. The van der Waals surface area contributed by atoms with Crippen molar-refractivity contribution in [2.45, 2.75) is 26.8 Å². The molecular weight excluding hydrogens is 380 g/mol. The standard InChI is InChI=1S/C24H26N2O4/c1-16(2)12-18-14-25(13-17-8-4-3-5-9-17)15-21(18)24(29)30-26-22(27)19-10-6-7-11-20(19)23(26)28/h3-11,16,18,21H,12-15H2,1-2H3/t18-,21-/m1/s1. The Kier molecular flexibility index (Phi) is 5.68. The van der Waals surface area contributed by atoms with E-state index in [-0.39, 0.29) is 23.0 Å². The predicted octanol–water partition coefficient (Wildman–Crippen LogP) is 3.54. The van der Waals surface area contributed by atoms with Gasteiger partial charge in [0.1, 0.15) is 0 Å². The maximum Gasteiger partial charge on any atom is 0.337 e. The van der Waals surface area contributed by atoms with E-state index in [2.05, 4.69) is 30.9 Å². The molecule has 0 N–H and O–H groups in total. The number of likely N-dealkylation sites (tertiary alicyclic amines) is 1. The van der Waals surface area contributed by atoms with Gasteiger partial charge in [0, 0.05) is 19.6 Å². The maximum atomic E-state index is 13.0. The van der Waals surface area contributed by atoms with Crippen molar-refractivity contribution in [1.29, 1.82) is 0 Å². The SMILES string of the molecule is CC(C)C[C@@H]1CN(Cc2ccccc2)C[C@H]1C(=O)ON1C(=O)c2ccccc2C1=O. The number of benzene rings is 2. The summed E-state index contributed by atoms with van der Waals surface area (Å²) in [7, 11) is 0. The first-order valence-corrected chi connectivity index (χ1v) is 10.4. The minimum Gasteiger partial charge on any atom is -0.329 e. The maximum absolute atomic E-state index is 13.0. The zero-order valence-electron chi connectivity index (χ0n) is 17.3. The molecule has 0 aliphatic carbocycles. The fourth-order valence-corrected chi connectivity index (χ4v) is 4.45. The van der Waals surface area contributed by atoms with Gasteiger partial charge in [-0.3, -0.25) is 14.5 Å². The molecule has 156 valence electrons. The van der Waals surface area contributed by atoms with E-state index in [9.17, 15) is 14.4 Å². The number of rotatable bonds is 6. The molecule has 1 fully saturated rings. The molecule has 0 radical (unpaired) electrons. The van der Waals surface area contributed by atoms with Crippen LogP contribution in [-0.4, -0.2) is 40.8 Å². The molecule has 0 aromatic heterocycles. The molecule has 2 aliphatic rings. The molecule has 2 aromatic rings. The highest BCUT2D eigenvalue weighted by Gasteiger charge is 2.43. The van der Waals surface area contributed by atoms with Crippen LogP contribution < -0.4 is 0 Å². The lowest BCUT2D eigenvalue weighted by molar-refractivity contribution is -0.174. The molecule has 2 atom stereocenters. The van der Waals surface area contributed by atoms with Gasteiger partial charge in [0.2, 0.25) is 0 Å². The van der Waals surface area contributed by atoms with E-state index in [1.165, 1.54) is 5.56 Å². The van der Waals surface area contributed by atoms with Crippen LogP contribution in [0.4, 0.5) is 0 Å². The molecule has 0 saturated carbocycles.